The molecular weight excluding hydrogens is 348 g/mol. The third kappa shape index (κ3) is 3.77. The van der Waals surface area contributed by atoms with Crippen molar-refractivity contribution < 1.29 is 40.1 Å². The molecule has 2 aliphatic rings. The maximum absolute atomic E-state index is 9.97. The van der Waals surface area contributed by atoms with Gasteiger partial charge in [0.1, 0.15) is 36.6 Å². The van der Waals surface area contributed by atoms with Gasteiger partial charge in [0.25, 0.3) is 0 Å². The number of rotatable bonds is 6. The average molecular weight is 372 g/mol. The number of benzene rings is 1. The smallest absolute Gasteiger partial charge is 0.157 e. The Kier molecular flexibility index (Phi) is 5.95. The number of aliphatic hydroxyl groups is 6. The molecule has 0 aromatic heterocycles. The third-order valence-corrected chi connectivity index (χ3v) is 4.57. The first-order chi connectivity index (χ1) is 12.4. The van der Waals surface area contributed by atoms with Crippen LogP contribution < -0.4 is 10.6 Å². The molecule has 0 aliphatic carbocycles. The van der Waals surface area contributed by atoms with Crippen LogP contribution >= 0.6 is 0 Å². The number of nitrogens with one attached hydrogen (secondary N) is 2. The minimum absolute atomic E-state index is 0.413. The second-order valence-corrected chi connectivity index (χ2v) is 6.39. The molecule has 10 nitrogen and oxygen atoms in total. The van der Waals surface area contributed by atoms with Crippen molar-refractivity contribution in [2.45, 2.75) is 49.1 Å². The Bertz CT molecular complexity index is 558. The van der Waals surface area contributed by atoms with Gasteiger partial charge >= 0.3 is 0 Å². The summed E-state index contributed by atoms with van der Waals surface area (Å²) in [6.07, 6.45) is -8.34. The highest BCUT2D eigenvalue weighted by Crippen LogP contribution is 2.26. The normalized spacial score (nSPS) is 39.9. The van der Waals surface area contributed by atoms with Gasteiger partial charge in [0.05, 0.1) is 13.2 Å². The van der Waals surface area contributed by atoms with Gasteiger partial charge in [-0.25, -0.2) is 0 Å². The molecule has 3 rings (SSSR count). The minimum Gasteiger partial charge on any atom is -0.394 e. The van der Waals surface area contributed by atoms with Crippen molar-refractivity contribution >= 4 is 11.4 Å². The van der Waals surface area contributed by atoms with Crippen LogP contribution in [0.1, 0.15) is 0 Å². The first-order valence-corrected chi connectivity index (χ1v) is 8.32. The van der Waals surface area contributed by atoms with Gasteiger partial charge in [-0.2, -0.15) is 0 Å². The largest absolute Gasteiger partial charge is 0.394 e. The highest BCUT2D eigenvalue weighted by molar-refractivity contribution is 5.57. The van der Waals surface area contributed by atoms with Crippen molar-refractivity contribution in [2.75, 3.05) is 23.8 Å². The Hall–Kier alpha value is -1.50. The lowest BCUT2D eigenvalue weighted by Crippen LogP contribution is -2.37. The number of anilines is 2. The van der Waals surface area contributed by atoms with Crippen LogP contribution in [0.15, 0.2) is 24.3 Å². The van der Waals surface area contributed by atoms with Crippen molar-refractivity contribution in [1.29, 1.82) is 0 Å². The summed E-state index contributed by atoms with van der Waals surface area (Å²) >= 11 is 0. The second-order valence-electron chi connectivity index (χ2n) is 6.39. The van der Waals surface area contributed by atoms with Crippen molar-refractivity contribution in [2.24, 2.45) is 0 Å². The molecule has 0 amide bonds. The van der Waals surface area contributed by atoms with Crippen molar-refractivity contribution in [3.8, 4) is 0 Å². The van der Waals surface area contributed by atoms with Crippen LogP contribution in [0.25, 0.3) is 0 Å². The molecule has 146 valence electrons. The van der Waals surface area contributed by atoms with Crippen LogP contribution in [0.3, 0.4) is 0 Å². The number of aliphatic hydroxyl groups excluding tert-OH is 6. The molecule has 0 radical (unpaired) electrons. The van der Waals surface area contributed by atoms with Crippen LogP contribution in [0, 0.1) is 0 Å². The fourth-order valence-electron chi connectivity index (χ4n) is 3.06. The van der Waals surface area contributed by atoms with E-state index in [0.717, 1.165) is 0 Å². The van der Waals surface area contributed by atoms with Gasteiger partial charge in [-0.15, -0.1) is 0 Å². The van der Waals surface area contributed by atoms with Gasteiger partial charge in [0, 0.05) is 11.4 Å². The Morgan fingerprint density at radius 2 is 1.15 bits per heavy atom. The molecule has 10 heteroatoms. The molecule has 2 fully saturated rings. The lowest BCUT2D eigenvalue weighted by Gasteiger charge is -2.20. The summed E-state index contributed by atoms with van der Waals surface area (Å²) in [6.45, 7) is -0.827. The van der Waals surface area contributed by atoms with E-state index in [2.05, 4.69) is 10.6 Å². The molecule has 2 aliphatic heterocycles. The maximum Gasteiger partial charge on any atom is 0.157 e. The summed E-state index contributed by atoms with van der Waals surface area (Å²) < 4.78 is 10.7. The predicted molar refractivity (Wildman–Crippen MR) is 89.2 cm³/mol. The highest BCUT2D eigenvalue weighted by atomic mass is 16.6. The number of ether oxygens (including phenoxy) is 2. The summed E-state index contributed by atoms with van der Waals surface area (Å²) in [4.78, 5) is 0. The molecule has 0 bridgehead atoms. The lowest BCUT2D eigenvalue weighted by molar-refractivity contribution is -0.0154. The van der Waals surface area contributed by atoms with E-state index in [4.69, 9.17) is 19.7 Å². The van der Waals surface area contributed by atoms with Crippen LogP contribution in [-0.2, 0) is 9.47 Å². The zero-order valence-corrected chi connectivity index (χ0v) is 13.8. The van der Waals surface area contributed by atoms with Gasteiger partial charge in [0.15, 0.2) is 12.5 Å². The fraction of sp³-hybridized carbons (Fsp3) is 0.625. The van der Waals surface area contributed by atoms with E-state index in [1.807, 2.05) is 0 Å². The monoisotopic (exact) mass is 372 g/mol. The second kappa shape index (κ2) is 8.03. The van der Waals surface area contributed by atoms with Crippen molar-refractivity contribution in [3.05, 3.63) is 24.3 Å². The number of hydrogen-bond donors (Lipinski definition) is 8. The summed E-state index contributed by atoms with van der Waals surface area (Å²) in [5.41, 5.74) is 1.10. The Balaban J connectivity index is 1.64. The van der Waals surface area contributed by atoms with E-state index in [9.17, 15) is 20.4 Å². The number of hydrogen-bond acceptors (Lipinski definition) is 10. The third-order valence-electron chi connectivity index (χ3n) is 4.57. The molecule has 8 N–H and O–H groups in total. The summed E-state index contributed by atoms with van der Waals surface area (Å²) in [7, 11) is 0. The fourth-order valence-corrected chi connectivity index (χ4v) is 3.06. The van der Waals surface area contributed by atoms with E-state index >= 15 is 0 Å². The van der Waals surface area contributed by atoms with Crippen LogP contribution in [-0.4, -0.2) is 92.9 Å². The molecule has 2 saturated heterocycles. The summed E-state index contributed by atoms with van der Waals surface area (Å²) in [6, 6.07) is 6.77. The van der Waals surface area contributed by atoms with Crippen molar-refractivity contribution in [3.63, 3.8) is 0 Å². The minimum atomic E-state index is -1.20. The van der Waals surface area contributed by atoms with Gasteiger partial charge in [-0.05, 0) is 18.2 Å². The molecule has 26 heavy (non-hydrogen) atoms. The SMILES string of the molecule is OC[C@@H]1O[C@@H](Nc2cccc(N[C@H]3O[C@H](CO)[C@@H](O)[C@H]3O)c2)[C@H](O)[C@@H]1O. The topological polar surface area (TPSA) is 164 Å². The summed E-state index contributed by atoms with van der Waals surface area (Å²) in [5, 5.41) is 63.6. The molecular formula is C16H24N2O8. The maximum atomic E-state index is 9.97. The Morgan fingerprint density at radius 3 is 1.50 bits per heavy atom. The first kappa shape index (κ1) is 19.3. The van der Waals surface area contributed by atoms with E-state index in [1.165, 1.54) is 0 Å². The molecule has 0 unspecified atom stereocenters. The van der Waals surface area contributed by atoms with Crippen molar-refractivity contribution in [1.82, 2.24) is 0 Å². The first-order valence-electron chi connectivity index (χ1n) is 8.32. The van der Waals surface area contributed by atoms with Gasteiger partial charge in [-0.1, -0.05) is 6.07 Å². The molecule has 2 heterocycles. The zero-order chi connectivity index (χ0) is 18.8. The quantitative estimate of drug-likeness (QED) is 0.265. The van der Waals surface area contributed by atoms with E-state index in [1.54, 1.807) is 24.3 Å². The molecule has 0 spiro atoms. The highest BCUT2D eigenvalue weighted by Gasteiger charge is 2.43. The predicted octanol–water partition coefficient (Wildman–Crippen LogP) is -2.61. The van der Waals surface area contributed by atoms with E-state index in [-0.39, 0.29) is 0 Å². The average Bonchev–Trinajstić information content (AvgIpc) is 3.06. The Morgan fingerprint density at radius 1 is 0.731 bits per heavy atom. The van der Waals surface area contributed by atoms with Crippen LogP contribution in [0.5, 0.6) is 0 Å². The molecule has 0 saturated carbocycles. The van der Waals surface area contributed by atoms with E-state index in [0.29, 0.717) is 11.4 Å². The molecule has 1 aromatic carbocycles. The zero-order valence-electron chi connectivity index (χ0n) is 13.8. The van der Waals surface area contributed by atoms with Crippen LogP contribution in [0.4, 0.5) is 11.4 Å². The molecule has 8 atom stereocenters. The molecule has 1 aromatic rings. The van der Waals surface area contributed by atoms with Crippen LogP contribution in [0.2, 0.25) is 0 Å². The van der Waals surface area contributed by atoms with E-state index < -0.39 is 62.3 Å². The van der Waals surface area contributed by atoms with Gasteiger partial charge in [0.2, 0.25) is 0 Å². The lowest BCUT2D eigenvalue weighted by atomic mass is 10.1. The summed E-state index contributed by atoms with van der Waals surface area (Å²) in [5.74, 6) is 0. The standard InChI is InChI=1S/C16H24N2O8/c19-5-9-11(21)13(23)15(25-9)17-7-2-1-3-8(4-7)18-16-14(24)12(22)10(6-20)26-16/h1-4,9-24H,5-6H2/t9-,10+,11-,12-,13-,14-,15+,16-/m1/s1. The van der Waals surface area contributed by atoms with Gasteiger partial charge < -0.3 is 50.7 Å². The van der Waals surface area contributed by atoms with Gasteiger partial charge in [-0.3, -0.25) is 0 Å². The Labute approximate surface area is 149 Å².